The fraction of sp³-hybridized carbons (Fsp3) is 0.647. The summed E-state index contributed by atoms with van der Waals surface area (Å²) in [5.74, 6) is 0. The van der Waals surface area contributed by atoms with Gasteiger partial charge in [0.05, 0.1) is 11.7 Å². The maximum absolute atomic E-state index is 10.7. The maximum atomic E-state index is 10.7. The molecule has 1 aliphatic rings. The number of hydrogen-bond donors (Lipinski definition) is 1. The molecule has 1 aromatic rings. The highest BCUT2D eigenvalue weighted by atomic mass is 16.5. The van der Waals surface area contributed by atoms with Crippen LogP contribution in [-0.2, 0) is 11.2 Å². The van der Waals surface area contributed by atoms with Crippen molar-refractivity contribution in [1.29, 1.82) is 0 Å². The molecule has 1 heterocycles. The normalized spacial score (nSPS) is 22.3. The van der Waals surface area contributed by atoms with Crippen molar-refractivity contribution in [3.8, 4) is 0 Å². The van der Waals surface area contributed by atoms with Crippen molar-refractivity contribution in [1.82, 2.24) is 0 Å². The first-order valence-electron chi connectivity index (χ1n) is 7.60. The number of hydrogen-bond acceptors (Lipinski definition) is 2. The second-order valence-electron chi connectivity index (χ2n) is 5.77. The Morgan fingerprint density at radius 1 is 1.32 bits per heavy atom. The number of rotatable bonds is 7. The Hall–Kier alpha value is -0.860. The molecular formula is C17H26O2. The second kappa shape index (κ2) is 7.06. The van der Waals surface area contributed by atoms with Crippen molar-refractivity contribution in [2.24, 2.45) is 0 Å². The van der Waals surface area contributed by atoms with Crippen LogP contribution in [-0.4, -0.2) is 23.4 Å². The van der Waals surface area contributed by atoms with E-state index in [1.54, 1.807) is 0 Å². The Morgan fingerprint density at radius 2 is 2.11 bits per heavy atom. The van der Waals surface area contributed by atoms with Gasteiger partial charge in [-0.1, -0.05) is 37.3 Å². The van der Waals surface area contributed by atoms with Crippen molar-refractivity contribution < 1.29 is 9.84 Å². The summed E-state index contributed by atoms with van der Waals surface area (Å²) in [7, 11) is 0. The van der Waals surface area contributed by atoms with Crippen LogP contribution in [0.1, 0.15) is 51.0 Å². The molecule has 2 nitrogen and oxygen atoms in total. The topological polar surface area (TPSA) is 29.5 Å². The largest absolute Gasteiger partial charge is 0.390 e. The summed E-state index contributed by atoms with van der Waals surface area (Å²) in [6.07, 6.45) is 7.44. The summed E-state index contributed by atoms with van der Waals surface area (Å²) in [5, 5.41) is 10.7. The van der Waals surface area contributed by atoms with Gasteiger partial charge in [-0.2, -0.15) is 0 Å². The third-order valence-corrected chi connectivity index (χ3v) is 4.23. The molecule has 1 aliphatic heterocycles. The highest BCUT2D eigenvalue weighted by Gasteiger charge is 2.25. The Balaban J connectivity index is 1.79. The van der Waals surface area contributed by atoms with Gasteiger partial charge in [0.25, 0.3) is 0 Å². The Bertz CT molecular complexity index is 357. The first-order valence-corrected chi connectivity index (χ1v) is 7.60. The SMILES string of the molecule is CCC(O)(CCCC1CCCO1)Cc1ccccc1. The zero-order chi connectivity index (χ0) is 13.6. The van der Waals surface area contributed by atoms with Crippen LogP contribution in [0.2, 0.25) is 0 Å². The van der Waals surface area contributed by atoms with Gasteiger partial charge in [0, 0.05) is 13.0 Å². The molecule has 0 radical (unpaired) electrons. The minimum atomic E-state index is -0.556. The third-order valence-electron chi connectivity index (χ3n) is 4.23. The molecule has 0 bridgehead atoms. The molecule has 2 unspecified atom stereocenters. The molecule has 0 aliphatic carbocycles. The van der Waals surface area contributed by atoms with Gasteiger partial charge in [0.1, 0.15) is 0 Å². The van der Waals surface area contributed by atoms with E-state index in [0.29, 0.717) is 6.10 Å². The Kier molecular flexibility index (Phi) is 5.41. The van der Waals surface area contributed by atoms with Crippen LogP contribution in [0, 0.1) is 0 Å². The van der Waals surface area contributed by atoms with Gasteiger partial charge in [-0.3, -0.25) is 0 Å². The monoisotopic (exact) mass is 262 g/mol. The molecule has 1 fully saturated rings. The van der Waals surface area contributed by atoms with Crippen molar-refractivity contribution >= 4 is 0 Å². The van der Waals surface area contributed by atoms with Gasteiger partial charge >= 0.3 is 0 Å². The van der Waals surface area contributed by atoms with E-state index in [0.717, 1.165) is 38.7 Å². The number of aliphatic hydroxyl groups is 1. The van der Waals surface area contributed by atoms with Crippen molar-refractivity contribution in [2.75, 3.05) is 6.61 Å². The van der Waals surface area contributed by atoms with E-state index in [2.05, 4.69) is 19.1 Å². The lowest BCUT2D eigenvalue weighted by molar-refractivity contribution is 0.0199. The van der Waals surface area contributed by atoms with E-state index in [4.69, 9.17) is 4.74 Å². The molecule has 2 rings (SSSR count). The predicted molar refractivity (Wildman–Crippen MR) is 78.2 cm³/mol. The van der Waals surface area contributed by atoms with Crippen LogP contribution in [0.3, 0.4) is 0 Å². The molecule has 106 valence electrons. The molecule has 2 heteroatoms. The van der Waals surface area contributed by atoms with E-state index in [-0.39, 0.29) is 0 Å². The molecule has 1 N–H and O–H groups in total. The van der Waals surface area contributed by atoms with Gasteiger partial charge in [-0.05, 0) is 44.1 Å². The van der Waals surface area contributed by atoms with Crippen molar-refractivity contribution in [3.05, 3.63) is 35.9 Å². The van der Waals surface area contributed by atoms with E-state index >= 15 is 0 Å². The minimum absolute atomic E-state index is 0.442. The van der Waals surface area contributed by atoms with Crippen LogP contribution in [0.15, 0.2) is 30.3 Å². The van der Waals surface area contributed by atoms with E-state index in [9.17, 15) is 5.11 Å². The molecule has 1 aromatic carbocycles. The summed E-state index contributed by atoms with van der Waals surface area (Å²) >= 11 is 0. The third kappa shape index (κ3) is 4.63. The quantitative estimate of drug-likeness (QED) is 0.811. The van der Waals surface area contributed by atoms with E-state index < -0.39 is 5.60 Å². The highest BCUT2D eigenvalue weighted by Crippen LogP contribution is 2.26. The predicted octanol–water partition coefficient (Wildman–Crippen LogP) is 3.72. The lowest BCUT2D eigenvalue weighted by Gasteiger charge is -2.27. The van der Waals surface area contributed by atoms with Gasteiger partial charge in [0.15, 0.2) is 0 Å². The molecule has 0 spiro atoms. The van der Waals surface area contributed by atoms with Crippen LogP contribution in [0.25, 0.3) is 0 Å². The smallest absolute Gasteiger partial charge is 0.0685 e. The molecular weight excluding hydrogens is 236 g/mol. The number of ether oxygens (including phenoxy) is 1. The molecule has 0 aromatic heterocycles. The fourth-order valence-electron chi connectivity index (χ4n) is 2.90. The summed E-state index contributed by atoms with van der Waals surface area (Å²) in [6, 6.07) is 10.3. The standard InChI is InChI=1S/C17H26O2/c1-2-17(18,14-15-8-4-3-5-9-15)12-6-10-16-11-7-13-19-16/h3-5,8-9,16,18H,2,6-7,10-14H2,1H3. The zero-order valence-electron chi connectivity index (χ0n) is 12.0. The summed E-state index contributed by atoms with van der Waals surface area (Å²) in [4.78, 5) is 0. The minimum Gasteiger partial charge on any atom is -0.390 e. The Morgan fingerprint density at radius 3 is 2.74 bits per heavy atom. The molecule has 0 amide bonds. The second-order valence-corrected chi connectivity index (χ2v) is 5.77. The molecule has 1 saturated heterocycles. The lowest BCUT2D eigenvalue weighted by atomic mass is 9.86. The summed E-state index contributed by atoms with van der Waals surface area (Å²) < 4.78 is 5.64. The first kappa shape index (κ1) is 14.5. The number of benzene rings is 1. The average Bonchev–Trinajstić information content (AvgIpc) is 2.93. The molecule has 19 heavy (non-hydrogen) atoms. The summed E-state index contributed by atoms with van der Waals surface area (Å²) in [6.45, 7) is 3.00. The summed E-state index contributed by atoms with van der Waals surface area (Å²) in [5.41, 5.74) is 0.670. The fourth-order valence-corrected chi connectivity index (χ4v) is 2.90. The van der Waals surface area contributed by atoms with Gasteiger partial charge < -0.3 is 9.84 Å². The van der Waals surface area contributed by atoms with Crippen LogP contribution >= 0.6 is 0 Å². The van der Waals surface area contributed by atoms with Gasteiger partial charge in [0.2, 0.25) is 0 Å². The van der Waals surface area contributed by atoms with E-state index in [1.165, 1.54) is 18.4 Å². The van der Waals surface area contributed by atoms with Gasteiger partial charge in [-0.25, -0.2) is 0 Å². The van der Waals surface area contributed by atoms with Crippen LogP contribution in [0.5, 0.6) is 0 Å². The van der Waals surface area contributed by atoms with Crippen LogP contribution in [0.4, 0.5) is 0 Å². The average molecular weight is 262 g/mol. The zero-order valence-corrected chi connectivity index (χ0v) is 12.0. The molecule has 2 atom stereocenters. The van der Waals surface area contributed by atoms with Crippen molar-refractivity contribution in [2.45, 2.75) is 63.6 Å². The first-order chi connectivity index (χ1) is 9.22. The Labute approximate surface area is 116 Å². The van der Waals surface area contributed by atoms with Crippen LogP contribution < -0.4 is 0 Å². The van der Waals surface area contributed by atoms with Gasteiger partial charge in [-0.15, -0.1) is 0 Å². The lowest BCUT2D eigenvalue weighted by Crippen LogP contribution is -2.30. The highest BCUT2D eigenvalue weighted by molar-refractivity contribution is 5.16. The molecule has 0 saturated carbocycles. The van der Waals surface area contributed by atoms with Crippen molar-refractivity contribution in [3.63, 3.8) is 0 Å². The maximum Gasteiger partial charge on any atom is 0.0685 e. The van der Waals surface area contributed by atoms with E-state index in [1.807, 2.05) is 18.2 Å².